The highest BCUT2D eigenvalue weighted by molar-refractivity contribution is 6.00. The van der Waals surface area contributed by atoms with Crippen molar-refractivity contribution in [2.24, 2.45) is 5.73 Å². The molecule has 5 heteroatoms. The number of nitrogens with two attached hydrogens (primary N) is 1. The summed E-state index contributed by atoms with van der Waals surface area (Å²) in [6, 6.07) is 0.380. The van der Waals surface area contributed by atoms with Gasteiger partial charge in [-0.15, -0.1) is 12.3 Å². The summed E-state index contributed by atoms with van der Waals surface area (Å²) >= 11 is 0. The van der Waals surface area contributed by atoms with Crippen molar-refractivity contribution in [3.05, 3.63) is 35.1 Å². The number of Topliss-reactive ketones (excluding diaryl/α,β-unsaturated/α-hetero) is 1. The van der Waals surface area contributed by atoms with Gasteiger partial charge >= 0.3 is 0 Å². The molecule has 1 unspecified atom stereocenters. The molecule has 1 atom stereocenters. The first kappa shape index (κ1) is 12.3. The molecule has 0 saturated heterocycles. The van der Waals surface area contributed by atoms with Gasteiger partial charge in [0.15, 0.2) is 23.2 Å². The van der Waals surface area contributed by atoms with Crippen LogP contribution in [-0.4, -0.2) is 11.8 Å². The zero-order valence-corrected chi connectivity index (χ0v) is 8.14. The molecule has 0 aromatic heterocycles. The Morgan fingerprint density at radius 3 is 2.56 bits per heavy atom. The maximum absolute atomic E-state index is 13.2. The van der Waals surface area contributed by atoms with E-state index in [1.807, 2.05) is 0 Å². The van der Waals surface area contributed by atoms with Gasteiger partial charge in [-0.3, -0.25) is 4.79 Å². The second-order valence-electron chi connectivity index (χ2n) is 3.10. The minimum Gasteiger partial charge on any atom is -0.320 e. The fourth-order valence-corrected chi connectivity index (χ4v) is 1.14. The fourth-order valence-electron chi connectivity index (χ4n) is 1.14. The van der Waals surface area contributed by atoms with Crippen LogP contribution in [0.3, 0.4) is 0 Å². The topological polar surface area (TPSA) is 43.1 Å². The predicted octanol–water partition coefficient (Wildman–Crippen LogP) is 1.64. The van der Waals surface area contributed by atoms with Crippen LogP contribution < -0.4 is 5.73 Å². The Kier molecular flexibility index (Phi) is 3.69. The van der Waals surface area contributed by atoms with Crippen molar-refractivity contribution in [2.75, 3.05) is 0 Å². The Labute approximate surface area is 90.3 Å². The molecule has 0 aliphatic carbocycles. The smallest absolute Gasteiger partial charge is 0.195 e. The van der Waals surface area contributed by atoms with Crippen molar-refractivity contribution < 1.29 is 18.0 Å². The van der Waals surface area contributed by atoms with Gasteiger partial charge in [0.25, 0.3) is 0 Å². The molecule has 1 aromatic carbocycles. The van der Waals surface area contributed by atoms with E-state index in [1.54, 1.807) is 0 Å². The Morgan fingerprint density at radius 2 is 2.00 bits per heavy atom. The Balaban J connectivity index is 3.11. The van der Waals surface area contributed by atoms with E-state index in [9.17, 15) is 18.0 Å². The quantitative estimate of drug-likeness (QED) is 0.484. The number of hydrogen-bond donors (Lipinski definition) is 1. The van der Waals surface area contributed by atoms with E-state index in [2.05, 4.69) is 5.92 Å². The first-order valence-corrected chi connectivity index (χ1v) is 4.35. The molecule has 84 valence electrons. The molecular weight excluding hydrogens is 219 g/mol. The van der Waals surface area contributed by atoms with Crippen molar-refractivity contribution in [2.45, 2.75) is 12.5 Å². The van der Waals surface area contributed by atoms with E-state index in [4.69, 9.17) is 12.2 Å². The van der Waals surface area contributed by atoms with Crippen molar-refractivity contribution >= 4 is 5.78 Å². The number of benzene rings is 1. The number of ketones is 1. The number of hydrogen-bond acceptors (Lipinski definition) is 2. The van der Waals surface area contributed by atoms with E-state index in [0.717, 1.165) is 6.07 Å². The average Bonchev–Trinajstić information content (AvgIpc) is 2.26. The van der Waals surface area contributed by atoms with Crippen molar-refractivity contribution in [3.8, 4) is 12.3 Å². The molecule has 1 aromatic rings. The molecule has 0 saturated carbocycles. The number of terminal acetylenes is 1. The van der Waals surface area contributed by atoms with Crippen LogP contribution in [0.15, 0.2) is 12.1 Å². The summed E-state index contributed by atoms with van der Waals surface area (Å²) in [5.41, 5.74) is 4.75. The lowest BCUT2D eigenvalue weighted by Gasteiger charge is -2.08. The summed E-state index contributed by atoms with van der Waals surface area (Å²) in [4.78, 5) is 11.5. The van der Waals surface area contributed by atoms with E-state index in [1.165, 1.54) is 0 Å². The van der Waals surface area contributed by atoms with Crippen LogP contribution in [0.4, 0.5) is 13.2 Å². The number of carbonyl (C=O) groups is 1. The third kappa shape index (κ3) is 2.23. The Hall–Kier alpha value is -1.80. The second kappa shape index (κ2) is 4.81. The van der Waals surface area contributed by atoms with Gasteiger partial charge in [-0.1, -0.05) is 0 Å². The summed E-state index contributed by atoms with van der Waals surface area (Å²) in [6.07, 6.45) is 4.83. The lowest BCUT2D eigenvalue weighted by atomic mass is 10.0. The first-order chi connectivity index (χ1) is 7.49. The van der Waals surface area contributed by atoms with Crippen molar-refractivity contribution in [1.29, 1.82) is 0 Å². The number of halogens is 3. The zero-order chi connectivity index (χ0) is 12.3. The molecule has 0 aliphatic heterocycles. The van der Waals surface area contributed by atoms with Crippen LogP contribution in [0.2, 0.25) is 0 Å². The molecule has 16 heavy (non-hydrogen) atoms. The molecule has 0 fully saturated rings. The van der Waals surface area contributed by atoms with Crippen LogP contribution in [0, 0.1) is 29.8 Å². The first-order valence-electron chi connectivity index (χ1n) is 4.35. The Morgan fingerprint density at radius 1 is 1.38 bits per heavy atom. The van der Waals surface area contributed by atoms with Gasteiger partial charge in [0, 0.05) is 6.42 Å². The summed E-state index contributed by atoms with van der Waals surface area (Å²) < 4.78 is 38.6. The van der Waals surface area contributed by atoms with Crippen LogP contribution in [-0.2, 0) is 0 Å². The molecule has 2 N–H and O–H groups in total. The van der Waals surface area contributed by atoms with Crippen LogP contribution >= 0.6 is 0 Å². The molecule has 1 rings (SSSR count). The Bertz CT molecular complexity index is 465. The van der Waals surface area contributed by atoms with Gasteiger partial charge in [-0.2, -0.15) is 0 Å². The van der Waals surface area contributed by atoms with Crippen LogP contribution in [0.25, 0.3) is 0 Å². The van der Waals surface area contributed by atoms with Gasteiger partial charge in [0.05, 0.1) is 11.6 Å². The molecule has 0 bridgehead atoms. The summed E-state index contributed by atoms with van der Waals surface area (Å²) in [5.74, 6) is -3.33. The fraction of sp³-hybridized carbons (Fsp3) is 0.182. The highest BCUT2D eigenvalue weighted by atomic mass is 19.2. The highest BCUT2D eigenvalue weighted by Gasteiger charge is 2.22. The van der Waals surface area contributed by atoms with E-state index < -0.39 is 34.8 Å². The lowest BCUT2D eigenvalue weighted by molar-refractivity contribution is 0.0957. The molecule has 0 spiro atoms. The number of rotatable bonds is 3. The molecule has 0 heterocycles. The molecule has 2 nitrogen and oxygen atoms in total. The van der Waals surface area contributed by atoms with E-state index in [-0.39, 0.29) is 6.42 Å². The molecule has 0 amide bonds. The lowest BCUT2D eigenvalue weighted by Crippen LogP contribution is -2.30. The minimum atomic E-state index is -1.70. The monoisotopic (exact) mass is 227 g/mol. The molecule has 0 radical (unpaired) electrons. The molecule has 0 aliphatic rings. The predicted molar refractivity (Wildman–Crippen MR) is 52.1 cm³/mol. The average molecular weight is 227 g/mol. The van der Waals surface area contributed by atoms with E-state index in [0.29, 0.717) is 6.07 Å². The van der Waals surface area contributed by atoms with Gasteiger partial charge in [0.2, 0.25) is 0 Å². The van der Waals surface area contributed by atoms with Crippen LogP contribution in [0.1, 0.15) is 16.8 Å². The van der Waals surface area contributed by atoms with Crippen molar-refractivity contribution in [3.63, 3.8) is 0 Å². The van der Waals surface area contributed by atoms with Crippen LogP contribution in [0.5, 0.6) is 0 Å². The highest BCUT2D eigenvalue weighted by Crippen LogP contribution is 2.16. The largest absolute Gasteiger partial charge is 0.320 e. The van der Waals surface area contributed by atoms with Gasteiger partial charge in [-0.05, 0) is 12.1 Å². The summed E-state index contributed by atoms with van der Waals surface area (Å²) in [7, 11) is 0. The normalized spacial score (nSPS) is 11.9. The van der Waals surface area contributed by atoms with E-state index >= 15 is 0 Å². The third-order valence-corrected chi connectivity index (χ3v) is 1.98. The summed E-state index contributed by atoms with van der Waals surface area (Å²) in [6.45, 7) is 0. The standard InChI is InChI=1S/C11H8F3NO/c1-2-3-8(15)11(16)6-4-5-7(12)10(14)9(6)13/h1,4-5,8H,3,15H2. The maximum Gasteiger partial charge on any atom is 0.195 e. The summed E-state index contributed by atoms with van der Waals surface area (Å²) in [5, 5.41) is 0. The molecular formula is C11H8F3NO. The van der Waals surface area contributed by atoms with Gasteiger partial charge < -0.3 is 5.73 Å². The minimum absolute atomic E-state index is 0.0999. The third-order valence-electron chi connectivity index (χ3n) is 1.98. The second-order valence-corrected chi connectivity index (χ2v) is 3.10. The van der Waals surface area contributed by atoms with Crippen molar-refractivity contribution in [1.82, 2.24) is 0 Å². The zero-order valence-electron chi connectivity index (χ0n) is 8.14. The number of carbonyl (C=O) groups excluding carboxylic acids is 1. The maximum atomic E-state index is 13.2. The van der Waals surface area contributed by atoms with Gasteiger partial charge in [0.1, 0.15) is 0 Å². The van der Waals surface area contributed by atoms with Gasteiger partial charge in [-0.25, -0.2) is 13.2 Å². The SMILES string of the molecule is C#CCC(N)C(=O)c1ccc(F)c(F)c1F.